The maximum atomic E-state index is 6.17. The van der Waals surface area contributed by atoms with Crippen LogP contribution in [0.2, 0.25) is 0 Å². The Hall–Kier alpha value is -2.10. The normalized spacial score (nSPS) is 10.9. The molecule has 7 nitrogen and oxygen atoms in total. The SMILES string of the molecule is COc1ccc(Br)c(CNCCSc2nnnn2C)c1OCc1ccc(C)cc1. The molecule has 0 saturated carbocycles. The van der Waals surface area contributed by atoms with E-state index in [1.165, 1.54) is 5.56 Å². The molecule has 0 aliphatic rings. The Morgan fingerprint density at radius 1 is 1.17 bits per heavy atom. The first-order valence-corrected chi connectivity index (χ1v) is 11.0. The van der Waals surface area contributed by atoms with Gasteiger partial charge in [-0.3, -0.25) is 0 Å². The van der Waals surface area contributed by atoms with Crippen LogP contribution in [-0.4, -0.2) is 39.6 Å². The fourth-order valence-corrected chi connectivity index (χ4v) is 3.88. The zero-order valence-electron chi connectivity index (χ0n) is 16.7. The van der Waals surface area contributed by atoms with Crippen LogP contribution in [-0.2, 0) is 20.2 Å². The Morgan fingerprint density at radius 3 is 2.66 bits per heavy atom. The Bertz CT molecular complexity index is 933. The summed E-state index contributed by atoms with van der Waals surface area (Å²) in [5.41, 5.74) is 3.38. The summed E-state index contributed by atoms with van der Waals surface area (Å²) in [6.45, 7) is 4.01. The minimum Gasteiger partial charge on any atom is -0.493 e. The number of nitrogens with one attached hydrogen (secondary N) is 1. The van der Waals surface area contributed by atoms with Crippen LogP contribution in [0.4, 0.5) is 0 Å². The number of rotatable bonds is 10. The highest BCUT2D eigenvalue weighted by molar-refractivity contribution is 9.10. The minimum absolute atomic E-state index is 0.481. The molecule has 0 spiro atoms. The second-order valence-corrected chi connectivity index (χ2v) is 8.36. The van der Waals surface area contributed by atoms with Gasteiger partial charge in [-0.2, -0.15) is 0 Å². The first-order chi connectivity index (χ1) is 14.1. The van der Waals surface area contributed by atoms with E-state index >= 15 is 0 Å². The van der Waals surface area contributed by atoms with Gasteiger partial charge in [-0.05, 0) is 35.0 Å². The lowest BCUT2D eigenvalue weighted by Crippen LogP contribution is -2.18. The van der Waals surface area contributed by atoms with Gasteiger partial charge in [0.15, 0.2) is 11.5 Å². The average molecular weight is 478 g/mol. The Balaban J connectivity index is 1.62. The molecule has 0 aliphatic heterocycles. The first kappa shape index (κ1) is 21.6. The molecule has 1 N–H and O–H groups in total. The van der Waals surface area contributed by atoms with Gasteiger partial charge in [-0.15, -0.1) is 5.10 Å². The van der Waals surface area contributed by atoms with Crippen LogP contribution in [0, 0.1) is 6.92 Å². The average Bonchev–Trinajstić information content (AvgIpc) is 3.13. The van der Waals surface area contributed by atoms with Crippen molar-refractivity contribution in [1.29, 1.82) is 0 Å². The summed E-state index contributed by atoms with van der Waals surface area (Å²) in [7, 11) is 3.49. The molecule has 3 aromatic rings. The van der Waals surface area contributed by atoms with Gasteiger partial charge >= 0.3 is 0 Å². The monoisotopic (exact) mass is 477 g/mol. The number of benzene rings is 2. The van der Waals surface area contributed by atoms with Gasteiger partial charge < -0.3 is 14.8 Å². The van der Waals surface area contributed by atoms with Crippen molar-refractivity contribution in [2.24, 2.45) is 7.05 Å². The molecule has 2 aromatic carbocycles. The number of aromatic nitrogens is 4. The minimum atomic E-state index is 0.481. The number of methoxy groups -OCH3 is 1. The van der Waals surface area contributed by atoms with E-state index in [2.05, 4.69) is 68.0 Å². The number of aryl methyl sites for hydroxylation is 2. The number of thioether (sulfide) groups is 1. The number of tetrazole rings is 1. The summed E-state index contributed by atoms with van der Waals surface area (Å²) in [5, 5.41) is 15.7. The van der Waals surface area contributed by atoms with Gasteiger partial charge in [0, 0.05) is 35.9 Å². The van der Waals surface area contributed by atoms with E-state index < -0.39 is 0 Å². The van der Waals surface area contributed by atoms with E-state index in [0.717, 1.165) is 44.6 Å². The quantitative estimate of drug-likeness (QED) is 0.352. The van der Waals surface area contributed by atoms with Crippen molar-refractivity contribution in [2.45, 2.75) is 25.2 Å². The molecule has 9 heteroatoms. The highest BCUT2D eigenvalue weighted by atomic mass is 79.9. The molecule has 1 heterocycles. The Morgan fingerprint density at radius 2 is 1.97 bits per heavy atom. The number of hydrogen-bond acceptors (Lipinski definition) is 7. The molecule has 0 fully saturated rings. The van der Waals surface area contributed by atoms with Gasteiger partial charge in [0.2, 0.25) is 5.16 Å². The molecule has 0 radical (unpaired) electrons. The van der Waals surface area contributed by atoms with Crippen LogP contribution in [0.5, 0.6) is 11.5 Å². The molecule has 29 heavy (non-hydrogen) atoms. The lowest BCUT2D eigenvalue weighted by molar-refractivity contribution is 0.280. The number of nitrogens with zero attached hydrogens (tertiary/aromatic N) is 4. The molecule has 0 bridgehead atoms. The van der Waals surface area contributed by atoms with Gasteiger partial charge in [0.1, 0.15) is 6.61 Å². The van der Waals surface area contributed by atoms with E-state index in [9.17, 15) is 0 Å². The largest absolute Gasteiger partial charge is 0.493 e. The zero-order valence-corrected chi connectivity index (χ0v) is 19.1. The summed E-state index contributed by atoms with van der Waals surface area (Å²) < 4.78 is 14.4. The first-order valence-electron chi connectivity index (χ1n) is 9.18. The van der Waals surface area contributed by atoms with E-state index in [1.807, 2.05) is 19.2 Å². The second-order valence-electron chi connectivity index (χ2n) is 6.44. The number of hydrogen-bond donors (Lipinski definition) is 1. The van der Waals surface area contributed by atoms with Crippen LogP contribution in [0.15, 0.2) is 46.0 Å². The van der Waals surface area contributed by atoms with Crippen molar-refractivity contribution in [3.8, 4) is 11.5 Å². The van der Waals surface area contributed by atoms with Crippen LogP contribution in [0.25, 0.3) is 0 Å². The van der Waals surface area contributed by atoms with Gasteiger partial charge in [-0.1, -0.05) is 57.5 Å². The van der Waals surface area contributed by atoms with Crippen LogP contribution in [0.1, 0.15) is 16.7 Å². The predicted molar refractivity (Wildman–Crippen MR) is 117 cm³/mol. The van der Waals surface area contributed by atoms with Crippen molar-refractivity contribution in [1.82, 2.24) is 25.5 Å². The third-order valence-corrected chi connectivity index (χ3v) is 6.04. The molecule has 1 aromatic heterocycles. The van der Waals surface area contributed by atoms with Crippen molar-refractivity contribution in [2.75, 3.05) is 19.4 Å². The standard InChI is InChI=1S/C20H24BrN5O2S/c1-14-4-6-15(7-5-14)13-28-19-16(17(21)8-9-18(19)27-3)12-22-10-11-29-20-23-24-25-26(20)2/h4-9,22H,10-13H2,1-3H3. The van der Waals surface area contributed by atoms with Gasteiger partial charge in [0.25, 0.3) is 0 Å². The molecule has 3 rings (SSSR count). The molecule has 0 aliphatic carbocycles. The highest BCUT2D eigenvalue weighted by Gasteiger charge is 2.15. The third-order valence-electron chi connectivity index (χ3n) is 4.28. The molecule has 154 valence electrons. The lowest BCUT2D eigenvalue weighted by Gasteiger charge is -2.17. The molecule has 0 atom stereocenters. The number of ether oxygens (including phenoxy) is 2. The fraction of sp³-hybridized carbons (Fsp3) is 0.350. The summed E-state index contributed by atoms with van der Waals surface area (Å²) in [6, 6.07) is 12.2. The van der Waals surface area contributed by atoms with Crippen molar-refractivity contribution < 1.29 is 9.47 Å². The van der Waals surface area contributed by atoms with E-state index in [4.69, 9.17) is 9.47 Å². The molecule has 0 amide bonds. The maximum Gasteiger partial charge on any atom is 0.209 e. The molecule has 0 saturated heterocycles. The van der Waals surface area contributed by atoms with Crippen molar-refractivity contribution >= 4 is 27.7 Å². The highest BCUT2D eigenvalue weighted by Crippen LogP contribution is 2.36. The topological polar surface area (TPSA) is 74.1 Å². The number of halogens is 1. The van der Waals surface area contributed by atoms with Crippen LogP contribution >= 0.6 is 27.7 Å². The zero-order chi connectivity index (χ0) is 20.6. The smallest absolute Gasteiger partial charge is 0.209 e. The summed E-state index contributed by atoms with van der Waals surface area (Å²) in [5.74, 6) is 2.33. The van der Waals surface area contributed by atoms with Gasteiger partial charge in [-0.25, -0.2) is 4.68 Å². The van der Waals surface area contributed by atoms with Crippen molar-refractivity contribution in [3.63, 3.8) is 0 Å². The van der Waals surface area contributed by atoms with E-state index in [0.29, 0.717) is 13.2 Å². The molecular formula is C20H24BrN5O2S. The third kappa shape index (κ3) is 5.94. The summed E-state index contributed by atoms with van der Waals surface area (Å²) in [6.07, 6.45) is 0. The van der Waals surface area contributed by atoms with E-state index in [1.54, 1.807) is 23.6 Å². The summed E-state index contributed by atoms with van der Waals surface area (Å²) in [4.78, 5) is 0. The summed E-state index contributed by atoms with van der Waals surface area (Å²) >= 11 is 5.26. The van der Waals surface area contributed by atoms with Crippen molar-refractivity contribution in [3.05, 3.63) is 57.6 Å². The molecule has 0 unspecified atom stereocenters. The van der Waals surface area contributed by atoms with Crippen LogP contribution in [0.3, 0.4) is 0 Å². The van der Waals surface area contributed by atoms with Crippen LogP contribution < -0.4 is 14.8 Å². The fourth-order valence-electron chi connectivity index (χ4n) is 2.68. The van der Waals surface area contributed by atoms with E-state index in [-0.39, 0.29) is 0 Å². The van der Waals surface area contributed by atoms with Gasteiger partial charge in [0.05, 0.1) is 7.11 Å². The Kier molecular flexibility index (Phi) is 7.91. The maximum absolute atomic E-state index is 6.17. The molecular weight excluding hydrogens is 454 g/mol. The predicted octanol–water partition coefficient (Wildman–Crippen LogP) is 3.75. The Labute approximate surface area is 183 Å². The lowest BCUT2D eigenvalue weighted by atomic mass is 10.1. The second kappa shape index (κ2) is 10.6.